The zero-order valence-corrected chi connectivity index (χ0v) is 12.6. The number of para-hydroxylation sites is 1. The first kappa shape index (κ1) is 14.2. The Labute approximate surface area is 129 Å². The van der Waals surface area contributed by atoms with Crippen molar-refractivity contribution in [2.45, 2.75) is 16.9 Å². The lowest BCUT2D eigenvalue weighted by Crippen LogP contribution is -2.23. The molecular formula is C13H13N3O3S2. The smallest absolute Gasteiger partial charge is 0.313 e. The molecule has 0 spiro atoms. The number of carbonyl (C=O) groups is 1. The Balaban J connectivity index is 1.49. The highest BCUT2D eigenvalue weighted by Gasteiger charge is 2.22. The van der Waals surface area contributed by atoms with Gasteiger partial charge in [0, 0.05) is 6.42 Å². The number of benzene rings is 1. The van der Waals surface area contributed by atoms with Crippen molar-refractivity contribution >= 4 is 34.2 Å². The number of hydrogen-bond acceptors (Lipinski definition) is 7. The number of anilines is 1. The first-order valence-corrected chi connectivity index (χ1v) is 8.17. The molecule has 0 fully saturated rings. The summed E-state index contributed by atoms with van der Waals surface area (Å²) < 4.78 is 6.47. The number of aliphatic carboxylic acids is 1. The van der Waals surface area contributed by atoms with Crippen molar-refractivity contribution in [3.8, 4) is 5.75 Å². The second-order valence-electron chi connectivity index (χ2n) is 4.49. The molecule has 1 atom stereocenters. The van der Waals surface area contributed by atoms with Gasteiger partial charge in [-0.15, -0.1) is 10.2 Å². The molecule has 0 saturated heterocycles. The van der Waals surface area contributed by atoms with Crippen LogP contribution in [0.4, 0.5) is 5.13 Å². The van der Waals surface area contributed by atoms with Gasteiger partial charge in [-0.25, -0.2) is 0 Å². The predicted octanol–water partition coefficient (Wildman–Crippen LogP) is 2.13. The van der Waals surface area contributed by atoms with Crippen LogP contribution in [-0.2, 0) is 11.2 Å². The van der Waals surface area contributed by atoms with Crippen LogP contribution in [0.3, 0.4) is 0 Å². The van der Waals surface area contributed by atoms with Gasteiger partial charge in [0.15, 0.2) is 4.34 Å². The molecule has 2 heterocycles. The van der Waals surface area contributed by atoms with Gasteiger partial charge in [-0.05, 0) is 11.6 Å². The van der Waals surface area contributed by atoms with Crippen molar-refractivity contribution in [2.75, 3.05) is 17.6 Å². The number of thioether (sulfide) groups is 1. The minimum absolute atomic E-state index is 0.00429. The van der Waals surface area contributed by atoms with E-state index in [0.717, 1.165) is 12.2 Å². The molecule has 1 aliphatic heterocycles. The lowest BCUT2D eigenvalue weighted by atomic mass is 10.1. The third-order valence-electron chi connectivity index (χ3n) is 2.92. The summed E-state index contributed by atoms with van der Waals surface area (Å²) in [5.74, 6) is 0.0801. The second kappa shape index (κ2) is 6.31. The van der Waals surface area contributed by atoms with E-state index in [1.807, 2.05) is 18.2 Å². The Hall–Kier alpha value is -1.80. The largest absolute Gasteiger partial charge is 0.488 e. The Morgan fingerprint density at radius 1 is 1.48 bits per heavy atom. The van der Waals surface area contributed by atoms with E-state index < -0.39 is 5.97 Å². The predicted molar refractivity (Wildman–Crippen MR) is 81.3 cm³/mol. The van der Waals surface area contributed by atoms with Gasteiger partial charge in [0.25, 0.3) is 0 Å². The van der Waals surface area contributed by atoms with Crippen molar-refractivity contribution in [1.82, 2.24) is 10.2 Å². The van der Waals surface area contributed by atoms with Gasteiger partial charge in [-0.2, -0.15) is 0 Å². The van der Waals surface area contributed by atoms with E-state index in [9.17, 15) is 4.79 Å². The number of hydrogen-bond donors (Lipinski definition) is 2. The summed E-state index contributed by atoms with van der Waals surface area (Å²) in [5, 5.41) is 20.4. The standard InChI is InChI=1S/C13H13N3O3S2/c17-11(18)7-20-13-16-15-12(21-13)14-6-9-5-8-3-1-2-4-10(8)19-9/h1-4,9H,5-7H2,(H,14,15)(H,17,18). The maximum atomic E-state index is 10.5. The third kappa shape index (κ3) is 3.64. The van der Waals surface area contributed by atoms with E-state index in [2.05, 4.69) is 21.6 Å². The van der Waals surface area contributed by atoms with Gasteiger partial charge in [0.2, 0.25) is 5.13 Å². The zero-order valence-electron chi connectivity index (χ0n) is 11.0. The maximum Gasteiger partial charge on any atom is 0.313 e. The first-order valence-electron chi connectivity index (χ1n) is 6.37. The molecule has 0 amide bonds. The number of nitrogens with zero attached hydrogens (tertiary/aromatic N) is 2. The van der Waals surface area contributed by atoms with Gasteiger partial charge in [0.1, 0.15) is 11.9 Å². The van der Waals surface area contributed by atoms with E-state index in [0.29, 0.717) is 16.0 Å². The average molecular weight is 323 g/mol. The Bertz CT molecular complexity index is 622. The third-order valence-corrected chi connectivity index (χ3v) is 4.92. The molecule has 0 aliphatic carbocycles. The molecular weight excluding hydrogens is 310 g/mol. The average Bonchev–Trinajstić information content (AvgIpc) is 3.09. The minimum Gasteiger partial charge on any atom is -0.488 e. The van der Waals surface area contributed by atoms with Crippen LogP contribution in [0.2, 0.25) is 0 Å². The molecule has 8 heteroatoms. The number of fused-ring (bicyclic) bond motifs is 1. The summed E-state index contributed by atoms with van der Waals surface area (Å²) in [7, 11) is 0. The highest BCUT2D eigenvalue weighted by molar-refractivity contribution is 8.01. The van der Waals surface area contributed by atoms with E-state index in [1.54, 1.807) is 0 Å². The minimum atomic E-state index is -0.859. The molecule has 1 aromatic carbocycles. The van der Waals surface area contributed by atoms with Crippen LogP contribution in [0, 0.1) is 0 Å². The Morgan fingerprint density at radius 3 is 3.14 bits per heavy atom. The van der Waals surface area contributed by atoms with Crippen molar-refractivity contribution in [3.05, 3.63) is 29.8 Å². The second-order valence-corrected chi connectivity index (χ2v) is 6.69. The van der Waals surface area contributed by atoms with Crippen LogP contribution in [0.15, 0.2) is 28.6 Å². The summed E-state index contributed by atoms with van der Waals surface area (Å²) in [6.07, 6.45) is 0.962. The van der Waals surface area contributed by atoms with Crippen molar-refractivity contribution in [3.63, 3.8) is 0 Å². The highest BCUT2D eigenvalue weighted by Crippen LogP contribution is 2.29. The molecule has 0 bridgehead atoms. The van der Waals surface area contributed by atoms with E-state index >= 15 is 0 Å². The zero-order chi connectivity index (χ0) is 14.7. The Morgan fingerprint density at radius 2 is 2.33 bits per heavy atom. The number of nitrogens with one attached hydrogen (secondary N) is 1. The molecule has 1 unspecified atom stereocenters. The molecule has 6 nitrogen and oxygen atoms in total. The van der Waals surface area contributed by atoms with Gasteiger partial charge in [0.05, 0.1) is 12.3 Å². The first-order chi connectivity index (χ1) is 10.2. The number of rotatable bonds is 6. The van der Waals surface area contributed by atoms with Crippen LogP contribution < -0.4 is 10.1 Å². The topological polar surface area (TPSA) is 84.3 Å². The van der Waals surface area contributed by atoms with Crippen LogP contribution in [-0.4, -0.2) is 39.7 Å². The molecule has 21 heavy (non-hydrogen) atoms. The Kier molecular flexibility index (Phi) is 4.26. The lowest BCUT2D eigenvalue weighted by Gasteiger charge is -2.10. The highest BCUT2D eigenvalue weighted by atomic mass is 32.2. The van der Waals surface area contributed by atoms with Crippen molar-refractivity contribution in [2.24, 2.45) is 0 Å². The van der Waals surface area contributed by atoms with E-state index in [1.165, 1.54) is 28.7 Å². The number of aromatic nitrogens is 2. The van der Waals surface area contributed by atoms with Crippen LogP contribution in [0.25, 0.3) is 0 Å². The summed E-state index contributed by atoms with van der Waals surface area (Å²) >= 11 is 2.52. The number of carboxylic acids is 1. The fourth-order valence-electron chi connectivity index (χ4n) is 2.03. The molecule has 0 saturated carbocycles. The summed E-state index contributed by atoms with van der Waals surface area (Å²) in [6, 6.07) is 8.02. The van der Waals surface area contributed by atoms with Gasteiger partial charge < -0.3 is 15.2 Å². The quantitative estimate of drug-likeness (QED) is 0.788. The van der Waals surface area contributed by atoms with Crippen LogP contribution >= 0.6 is 23.1 Å². The number of carboxylic acid groups (broad SMARTS) is 1. The molecule has 1 aliphatic rings. The fourth-order valence-corrected chi connectivity index (χ4v) is 3.51. The molecule has 1 aromatic heterocycles. The van der Waals surface area contributed by atoms with E-state index in [4.69, 9.17) is 9.84 Å². The fraction of sp³-hybridized carbons (Fsp3) is 0.308. The van der Waals surface area contributed by atoms with Crippen LogP contribution in [0.5, 0.6) is 5.75 Å². The number of ether oxygens (including phenoxy) is 1. The van der Waals surface area contributed by atoms with E-state index in [-0.39, 0.29) is 11.9 Å². The summed E-state index contributed by atoms with van der Waals surface area (Å²) in [4.78, 5) is 10.5. The van der Waals surface area contributed by atoms with Gasteiger partial charge in [-0.1, -0.05) is 41.3 Å². The molecule has 2 N–H and O–H groups in total. The molecule has 3 rings (SSSR count). The van der Waals surface area contributed by atoms with Crippen LogP contribution in [0.1, 0.15) is 5.56 Å². The van der Waals surface area contributed by atoms with Crippen molar-refractivity contribution in [1.29, 1.82) is 0 Å². The monoisotopic (exact) mass is 323 g/mol. The summed E-state index contributed by atoms with van der Waals surface area (Å²) in [6.45, 7) is 0.646. The molecule has 110 valence electrons. The van der Waals surface area contributed by atoms with Gasteiger partial charge in [-0.3, -0.25) is 4.79 Å². The van der Waals surface area contributed by atoms with Crippen molar-refractivity contribution < 1.29 is 14.6 Å². The van der Waals surface area contributed by atoms with Gasteiger partial charge >= 0.3 is 5.97 Å². The normalized spacial score (nSPS) is 16.3. The maximum absolute atomic E-state index is 10.5. The lowest BCUT2D eigenvalue weighted by molar-refractivity contribution is -0.133. The molecule has 2 aromatic rings. The summed E-state index contributed by atoms with van der Waals surface area (Å²) in [5.41, 5.74) is 1.22. The molecule has 0 radical (unpaired) electrons. The SMILES string of the molecule is O=C(O)CSc1nnc(NCC2Cc3ccccc3O2)s1.